The quantitative estimate of drug-likeness (QED) is 0.653. The Morgan fingerprint density at radius 3 is 2.69 bits per heavy atom. The maximum Gasteiger partial charge on any atom is 0.0850 e. The van der Waals surface area contributed by atoms with E-state index in [2.05, 4.69) is 43.3 Å². The first-order valence-electron chi connectivity index (χ1n) is 4.64. The Labute approximate surface area is 79.1 Å². The summed E-state index contributed by atoms with van der Waals surface area (Å²) in [5.74, 6) is 0. The van der Waals surface area contributed by atoms with Crippen molar-refractivity contribution in [1.82, 2.24) is 0 Å². The molecule has 13 heavy (non-hydrogen) atoms. The molecule has 1 aliphatic rings. The van der Waals surface area contributed by atoms with Crippen LogP contribution in [0.4, 0.5) is 5.69 Å². The number of anilines is 1. The Balaban J connectivity index is 2.20. The molecular weight excluding hydrogens is 162 g/mol. The van der Waals surface area contributed by atoms with Gasteiger partial charge in [-0.25, -0.2) is 0 Å². The van der Waals surface area contributed by atoms with Crippen molar-refractivity contribution >= 4 is 5.69 Å². The summed E-state index contributed by atoms with van der Waals surface area (Å²) in [5.41, 5.74) is 2.69. The van der Waals surface area contributed by atoms with Gasteiger partial charge in [0, 0.05) is 26.2 Å². The van der Waals surface area contributed by atoms with Crippen LogP contribution in [0.5, 0.6) is 0 Å². The van der Waals surface area contributed by atoms with E-state index in [9.17, 15) is 0 Å². The molecule has 0 aliphatic carbocycles. The zero-order valence-corrected chi connectivity index (χ0v) is 8.16. The minimum Gasteiger partial charge on any atom is -0.377 e. The lowest BCUT2D eigenvalue weighted by atomic mass is 10.1. The average Bonchev–Trinajstić information content (AvgIpc) is 2.89. The third-order valence-electron chi connectivity index (χ3n) is 2.32. The number of nitrogens with zero attached hydrogens (tertiary/aromatic N) is 1. The molecule has 1 atom stereocenters. The van der Waals surface area contributed by atoms with Crippen LogP contribution in [-0.2, 0) is 11.2 Å². The molecule has 2 nitrogen and oxygen atoms in total. The second kappa shape index (κ2) is 3.38. The Hall–Kier alpha value is -1.02. The molecular formula is C11H15NO. The van der Waals surface area contributed by atoms with Gasteiger partial charge in [-0.1, -0.05) is 18.2 Å². The van der Waals surface area contributed by atoms with Crippen LogP contribution < -0.4 is 4.90 Å². The molecule has 1 aliphatic heterocycles. The largest absolute Gasteiger partial charge is 0.377 e. The van der Waals surface area contributed by atoms with Gasteiger partial charge in [-0.3, -0.25) is 0 Å². The predicted molar refractivity (Wildman–Crippen MR) is 54.2 cm³/mol. The van der Waals surface area contributed by atoms with Crippen molar-refractivity contribution in [2.24, 2.45) is 0 Å². The third-order valence-corrected chi connectivity index (χ3v) is 2.32. The minimum absolute atomic E-state index is 0.473. The van der Waals surface area contributed by atoms with E-state index in [1.807, 2.05) is 0 Å². The molecule has 0 amide bonds. The van der Waals surface area contributed by atoms with Crippen molar-refractivity contribution in [3.63, 3.8) is 0 Å². The second-order valence-electron chi connectivity index (χ2n) is 3.68. The van der Waals surface area contributed by atoms with E-state index in [1.54, 1.807) is 0 Å². The van der Waals surface area contributed by atoms with Gasteiger partial charge in [0.05, 0.1) is 12.7 Å². The van der Waals surface area contributed by atoms with Crippen LogP contribution in [0, 0.1) is 0 Å². The van der Waals surface area contributed by atoms with Gasteiger partial charge in [0.15, 0.2) is 0 Å². The van der Waals surface area contributed by atoms with Crippen LogP contribution in [0.25, 0.3) is 0 Å². The summed E-state index contributed by atoms with van der Waals surface area (Å²) in [6.07, 6.45) is 1.52. The van der Waals surface area contributed by atoms with Gasteiger partial charge in [0.1, 0.15) is 0 Å². The Morgan fingerprint density at radius 1 is 1.38 bits per heavy atom. The molecule has 0 spiro atoms. The van der Waals surface area contributed by atoms with Crippen LogP contribution >= 0.6 is 0 Å². The van der Waals surface area contributed by atoms with E-state index in [0.717, 1.165) is 13.0 Å². The van der Waals surface area contributed by atoms with Crippen molar-refractivity contribution in [3.05, 3.63) is 29.8 Å². The zero-order valence-electron chi connectivity index (χ0n) is 8.16. The number of hydrogen-bond acceptors (Lipinski definition) is 2. The number of benzene rings is 1. The van der Waals surface area contributed by atoms with Gasteiger partial charge >= 0.3 is 0 Å². The third kappa shape index (κ3) is 2.01. The summed E-state index contributed by atoms with van der Waals surface area (Å²) >= 11 is 0. The fourth-order valence-corrected chi connectivity index (χ4v) is 1.55. The molecule has 0 saturated carbocycles. The molecule has 1 aromatic rings. The highest BCUT2D eigenvalue weighted by Gasteiger charge is 2.23. The minimum atomic E-state index is 0.473. The standard InChI is InChI=1S/C11H15NO/c1-12(2)11-6-4-3-5-9(11)7-10-8-13-10/h3-6,10H,7-8H2,1-2H3. The van der Waals surface area contributed by atoms with E-state index in [0.29, 0.717) is 6.10 Å². The maximum atomic E-state index is 5.23. The lowest BCUT2D eigenvalue weighted by molar-refractivity contribution is 0.407. The Kier molecular flexibility index (Phi) is 2.23. The van der Waals surface area contributed by atoms with Crippen LogP contribution in [0.1, 0.15) is 5.56 Å². The lowest BCUT2D eigenvalue weighted by Gasteiger charge is -2.16. The number of para-hydroxylation sites is 1. The molecule has 70 valence electrons. The van der Waals surface area contributed by atoms with Gasteiger partial charge in [-0.15, -0.1) is 0 Å². The van der Waals surface area contributed by atoms with E-state index < -0.39 is 0 Å². The van der Waals surface area contributed by atoms with Gasteiger partial charge in [-0.05, 0) is 11.6 Å². The average molecular weight is 177 g/mol. The fraction of sp³-hybridized carbons (Fsp3) is 0.455. The van der Waals surface area contributed by atoms with Crippen molar-refractivity contribution in [2.45, 2.75) is 12.5 Å². The molecule has 1 aromatic carbocycles. The summed E-state index contributed by atoms with van der Waals surface area (Å²) in [6.45, 7) is 0.932. The molecule has 1 heterocycles. The predicted octanol–water partition coefficient (Wildman–Crippen LogP) is 1.69. The molecule has 2 rings (SSSR count). The van der Waals surface area contributed by atoms with E-state index in [4.69, 9.17) is 4.74 Å². The number of rotatable bonds is 3. The molecule has 1 unspecified atom stereocenters. The maximum absolute atomic E-state index is 5.23. The van der Waals surface area contributed by atoms with Crippen LogP contribution in [0.2, 0.25) is 0 Å². The van der Waals surface area contributed by atoms with Crippen LogP contribution in [0.3, 0.4) is 0 Å². The molecule has 2 heteroatoms. The summed E-state index contributed by atoms with van der Waals surface area (Å²) in [4.78, 5) is 2.15. The van der Waals surface area contributed by atoms with Gasteiger partial charge in [0.25, 0.3) is 0 Å². The first kappa shape index (κ1) is 8.57. The number of hydrogen-bond donors (Lipinski definition) is 0. The highest BCUT2D eigenvalue weighted by molar-refractivity contribution is 5.52. The van der Waals surface area contributed by atoms with Crippen molar-refractivity contribution in [3.8, 4) is 0 Å². The monoisotopic (exact) mass is 177 g/mol. The molecule has 0 radical (unpaired) electrons. The summed E-state index contributed by atoms with van der Waals surface area (Å²) in [5, 5.41) is 0. The van der Waals surface area contributed by atoms with Gasteiger partial charge in [0.2, 0.25) is 0 Å². The molecule has 0 N–H and O–H groups in total. The van der Waals surface area contributed by atoms with Crippen LogP contribution in [0.15, 0.2) is 24.3 Å². The number of ether oxygens (including phenoxy) is 1. The SMILES string of the molecule is CN(C)c1ccccc1CC1CO1. The Bertz CT molecular complexity index is 292. The highest BCUT2D eigenvalue weighted by atomic mass is 16.6. The van der Waals surface area contributed by atoms with Crippen molar-refractivity contribution < 1.29 is 4.74 Å². The van der Waals surface area contributed by atoms with E-state index >= 15 is 0 Å². The normalized spacial score (nSPS) is 20.0. The lowest BCUT2D eigenvalue weighted by Crippen LogP contribution is -2.12. The van der Waals surface area contributed by atoms with Gasteiger partial charge < -0.3 is 9.64 Å². The summed E-state index contributed by atoms with van der Waals surface area (Å²) in [6, 6.07) is 8.49. The van der Waals surface area contributed by atoms with Gasteiger partial charge in [-0.2, -0.15) is 0 Å². The number of epoxide rings is 1. The molecule has 0 aromatic heterocycles. The molecule has 1 fully saturated rings. The zero-order chi connectivity index (χ0) is 9.26. The van der Waals surface area contributed by atoms with Crippen LogP contribution in [-0.4, -0.2) is 26.8 Å². The smallest absolute Gasteiger partial charge is 0.0850 e. The topological polar surface area (TPSA) is 15.8 Å². The molecule has 0 bridgehead atoms. The highest BCUT2D eigenvalue weighted by Crippen LogP contribution is 2.23. The molecule has 1 saturated heterocycles. The first-order valence-corrected chi connectivity index (χ1v) is 4.64. The van der Waals surface area contributed by atoms with E-state index in [1.165, 1.54) is 11.3 Å². The van der Waals surface area contributed by atoms with Crippen molar-refractivity contribution in [2.75, 3.05) is 25.6 Å². The summed E-state index contributed by atoms with van der Waals surface area (Å²) < 4.78 is 5.23. The van der Waals surface area contributed by atoms with E-state index in [-0.39, 0.29) is 0 Å². The first-order chi connectivity index (χ1) is 6.27. The Morgan fingerprint density at radius 2 is 2.08 bits per heavy atom. The fourth-order valence-electron chi connectivity index (χ4n) is 1.55. The summed E-state index contributed by atoms with van der Waals surface area (Å²) in [7, 11) is 4.15. The second-order valence-corrected chi connectivity index (χ2v) is 3.68. The van der Waals surface area contributed by atoms with Crippen molar-refractivity contribution in [1.29, 1.82) is 0 Å².